The number of nitrogens with one attached hydrogen (secondary N) is 2. The highest BCUT2D eigenvalue weighted by Crippen LogP contribution is 2.09. The molecule has 24 heavy (non-hydrogen) atoms. The Balaban J connectivity index is 1.70. The zero-order chi connectivity index (χ0) is 17.2. The average Bonchev–Trinajstić information content (AvgIpc) is 2.61. The number of hydrogen-bond donors (Lipinski definition) is 2. The first-order chi connectivity index (χ1) is 11.7. The lowest BCUT2D eigenvalue weighted by molar-refractivity contribution is -0.125. The Hall–Kier alpha value is -3.15. The summed E-state index contributed by atoms with van der Waals surface area (Å²) in [4.78, 5) is 23.4. The quantitative estimate of drug-likeness (QED) is 0.598. The van der Waals surface area contributed by atoms with Gasteiger partial charge in [-0.3, -0.25) is 9.59 Å². The standard InChI is InChI=1S/C18H19N3O3/c1-24-16-9-7-15(8-10-16)12-20-21-18(23)13-19-17(22)11-14-5-3-2-4-6-14/h2-10,12H,11,13H2,1H3,(H,19,22)(H,21,23)/b20-12-. The summed E-state index contributed by atoms with van der Waals surface area (Å²) in [7, 11) is 1.59. The van der Waals surface area contributed by atoms with E-state index in [0.29, 0.717) is 0 Å². The molecular weight excluding hydrogens is 306 g/mol. The third-order valence-corrected chi connectivity index (χ3v) is 3.17. The lowest BCUT2D eigenvalue weighted by atomic mass is 10.1. The first kappa shape index (κ1) is 17.2. The second kappa shape index (κ2) is 9.09. The Morgan fingerprint density at radius 1 is 1.04 bits per heavy atom. The van der Waals surface area contributed by atoms with Gasteiger partial charge in [-0.05, 0) is 35.4 Å². The molecule has 0 heterocycles. The van der Waals surface area contributed by atoms with Crippen molar-refractivity contribution in [3.63, 3.8) is 0 Å². The highest BCUT2D eigenvalue weighted by atomic mass is 16.5. The Labute approximate surface area is 140 Å². The van der Waals surface area contributed by atoms with Crippen LogP contribution in [0.3, 0.4) is 0 Å². The van der Waals surface area contributed by atoms with Crippen LogP contribution >= 0.6 is 0 Å². The Bertz CT molecular complexity index is 697. The molecule has 0 atom stereocenters. The molecule has 0 fully saturated rings. The van der Waals surface area contributed by atoms with Crippen LogP contribution in [0.2, 0.25) is 0 Å². The van der Waals surface area contributed by atoms with Crippen LogP contribution < -0.4 is 15.5 Å². The lowest BCUT2D eigenvalue weighted by Crippen LogP contribution is -2.35. The molecule has 124 valence electrons. The van der Waals surface area contributed by atoms with Gasteiger partial charge >= 0.3 is 0 Å². The topological polar surface area (TPSA) is 79.8 Å². The molecule has 6 heteroatoms. The summed E-state index contributed by atoms with van der Waals surface area (Å²) < 4.78 is 5.05. The van der Waals surface area contributed by atoms with Crippen molar-refractivity contribution in [1.82, 2.24) is 10.7 Å². The van der Waals surface area contributed by atoms with Crippen molar-refractivity contribution in [1.29, 1.82) is 0 Å². The van der Waals surface area contributed by atoms with Crippen molar-refractivity contribution in [3.8, 4) is 5.75 Å². The predicted octanol–water partition coefficient (Wildman–Crippen LogP) is 1.50. The summed E-state index contributed by atoms with van der Waals surface area (Å²) in [6.07, 6.45) is 1.76. The number of nitrogens with zero attached hydrogens (tertiary/aromatic N) is 1. The van der Waals surface area contributed by atoms with Crippen LogP contribution in [-0.2, 0) is 16.0 Å². The van der Waals surface area contributed by atoms with Gasteiger partial charge in [0, 0.05) is 0 Å². The van der Waals surface area contributed by atoms with E-state index in [2.05, 4.69) is 15.8 Å². The van der Waals surface area contributed by atoms with E-state index in [1.807, 2.05) is 42.5 Å². The van der Waals surface area contributed by atoms with Gasteiger partial charge in [0.25, 0.3) is 5.91 Å². The second-order valence-corrected chi connectivity index (χ2v) is 5.01. The molecule has 0 saturated carbocycles. The maximum absolute atomic E-state index is 11.7. The Morgan fingerprint density at radius 3 is 2.42 bits per heavy atom. The summed E-state index contributed by atoms with van der Waals surface area (Å²) in [5.74, 6) is 0.147. The highest BCUT2D eigenvalue weighted by molar-refractivity contribution is 5.87. The third kappa shape index (κ3) is 5.92. The molecule has 0 saturated heterocycles. The molecule has 0 aliphatic carbocycles. The van der Waals surface area contributed by atoms with Crippen molar-refractivity contribution < 1.29 is 14.3 Å². The minimum absolute atomic E-state index is 0.119. The molecule has 0 bridgehead atoms. The largest absolute Gasteiger partial charge is 0.497 e. The van der Waals surface area contributed by atoms with E-state index in [1.165, 1.54) is 6.21 Å². The average molecular weight is 325 g/mol. The van der Waals surface area contributed by atoms with Crippen LogP contribution in [0, 0.1) is 0 Å². The van der Waals surface area contributed by atoms with Crippen LogP contribution in [0.1, 0.15) is 11.1 Å². The molecule has 0 aliphatic rings. The molecule has 0 unspecified atom stereocenters. The number of carbonyl (C=O) groups excluding carboxylic acids is 2. The van der Waals surface area contributed by atoms with Gasteiger partial charge < -0.3 is 10.1 Å². The highest BCUT2D eigenvalue weighted by Gasteiger charge is 2.05. The third-order valence-electron chi connectivity index (χ3n) is 3.17. The van der Waals surface area contributed by atoms with Crippen LogP contribution in [-0.4, -0.2) is 31.7 Å². The van der Waals surface area contributed by atoms with E-state index in [4.69, 9.17) is 4.74 Å². The van der Waals surface area contributed by atoms with Crippen molar-refractivity contribution >= 4 is 18.0 Å². The van der Waals surface area contributed by atoms with Crippen molar-refractivity contribution in [3.05, 3.63) is 65.7 Å². The molecule has 0 spiro atoms. The maximum Gasteiger partial charge on any atom is 0.259 e. The maximum atomic E-state index is 11.7. The van der Waals surface area contributed by atoms with Crippen molar-refractivity contribution in [2.24, 2.45) is 5.10 Å². The number of hydrogen-bond acceptors (Lipinski definition) is 4. The summed E-state index contributed by atoms with van der Waals surface area (Å²) in [6, 6.07) is 16.6. The predicted molar refractivity (Wildman–Crippen MR) is 91.9 cm³/mol. The van der Waals surface area contributed by atoms with E-state index >= 15 is 0 Å². The van der Waals surface area contributed by atoms with Gasteiger partial charge in [-0.15, -0.1) is 0 Å². The van der Waals surface area contributed by atoms with Gasteiger partial charge in [0.05, 0.1) is 26.3 Å². The van der Waals surface area contributed by atoms with E-state index in [9.17, 15) is 9.59 Å². The first-order valence-electron chi connectivity index (χ1n) is 7.44. The summed E-state index contributed by atoms with van der Waals surface area (Å²) in [5, 5.41) is 6.40. The zero-order valence-electron chi connectivity index (χ0n) is 13.4. The van der Waals surface area contributed by atoms with Gasteiger partial charge in [-0.2, -0.15) is 5.10 Å². The minimum Gasteiger partial charge on any atom is -0.497 e. The van der Waals surface area contributed by atoms with Gasteiger partial charge in [0.2, 0.25) is 5.91 Å². The number of amides is 2. The molecule has 0 aliphatic heterocycles. The fourth-order valence-electron chi connectivity index (χ4n) is 1.93. The van der Waals surface area contributed by atoms with E-state index in [0.717, 1.165) is 16.9 Å². The summed E-state index contributed by atoms with van der Waals surface area (Å²) in [6.45, 7) is -0.119. The molecule has 2 aromatic rings. The van der Waals surface area contributed by atoms with Crippen molar-refractivity contribution in [2.45, 2.75) is 6.42 Å². The molecule has 2 rings (SSSR count). The Morgan fingerprint density at radius 2 is 1.75 bits per heavy atom. The number of benzene rings is 2. The molecule has 0 radical (unpaired) electrons. The normalized spacial score (nSPS) is 10.4. The summed E-state index contributed by atoms with van der Waals surface area (Å²) in [5.41, 5.74) is 4.08. The lowest BCUT2D eigenvalue weighted by Gasteiger charge is -2.04. The molecule has 2 N–H and O–H groups in total. The van der Waals surface area contributed by atoms with Crippen LogP contribution in [0.15, 0.2) is 59.7 Å². The number of ether oxygens (including phenoxy) is 1. The molecule has 6 nitrogen and oxygen atoms in total. The SMILES string of the molecule is COc1ccc(/C=N\NC(=O)CNC(=O)Cc2ccccc2)cc1. The second-order valence-electron chi connectivity index (χ2n) is 5.01. The van der Waals surface area contributed by atoms with Gasteiger partial charge in [0.15, 0.2) is 0 Å². The molecule has 2 aromatic carbocycles. The Kier molecular flexibility index (Phi) is 6.52. The minimum atomic E-state index is -0.388. The fourth-order valence-corrected chi connectivity index (χ4v) is 1.93. The van der Waals surface area contributed by atoms with E-state index in [-0.39, 0.29) is 24.8 Å². The number of hydrazone groups is 1. The van der Waals surface area contributed by atoms with Crippen LogP contribution in [0.4, 0.5) is 0 Å². The summed E-state index contributed by atoms with van der Waals surface area (Å²) >= 11 is 0. The fraction of sp³-hybridized carbons (Fsp3) is 0.167. The van der Waals surface area contributed by atoms with Crippen LogP contribution in [0.25, 0.3) is 0 Å². The first-order valence-corrected chi connectivity index (χ1v) is 7.44. The zero-order valence-corrected chi connectivity index (χ0v) is 13.4. The molecule has 2 amide bonds. The molecule has 0 aromatic heterocycles. The number of methoxy groups -OCH3 is 1. The van der Waals surface area contributed by atoms with E-state index in [1.54, 1.807) is 19.2 Å². The molecular formula is C18H19N3O3. The van der Waals surface area contributed by atoms with Crippen molar-refractivity contribution in [2.75, 3.05) is 13.7 Å². The van der Waals surface area contributed by atoms with E-state index < -0.39 is 0 Å². The van der Waals surface area contributed by atoms with Crippen LogP contribution in [0.5, 0.6) is 5.75 Å². The number of rotatable bonds is 7. The van der Waals surface area contributed by atoms with Gasteiger partial charge in [0.1, 0.15) is 5.75 Å². The van der Waals surface area contributed by atoms with Gasteiger partial charge in [-0.25, -0.2) is 5.43 Å². The monoisotopic (exact) mass is 325 g/mol. The smallest absolute Gasteiger partial charge is 0.259 e. The number of carbonyl (C=O) groups is 2. The van der Waals surface area contributed by atoms with Gasteiger partial charge in [-0.1, -0.05) is 30.3 Å².